The van der Waals surface area contributed by atoms with Gasteiger partial charge in [-0.15, -0.1) is 0 Å². The Bertz CT molecular complexity index is 393. The van der Waals surface area contributed by atoms with Gasteiger partial charge in [0.25, 0.3) is 0 Å². The zero-order chi connectivity index (χ0) is 11.8. The lowest BCUT2D eigenvalue weighted by atomic mass is 9.76. The Labute approximate surface area is 100 Å². The lowest BCUT2D eigenvalue weighted by Gasteiger charge is -2.43. The van der Waals surface area contributed by atoms with Crippen molar-refractivity contribution in [2.75, 3.05) is 12.4 Å². The van der Waals surface area contributed by atoms with E-state index in [4.69, 9.17) is 16.3 Å². The van der Waals surface area contributed by atoms with Crippen LogP contribution in [0.15, 0.2) is 18.2 Å². The molecule has 0 aliphatic heterocycles. The van der Waals surface area contributed by atoms with E-state index in [-0.39, 0.29) is 6.04 Å². The molecule has 0 heterocycles. The van der Waals surface area contributed by atoms with Crippen molar-refractivity contribution in [1.29, 1.82) is 0 Å². The fraction of sp³-hybridized carbons (Fsp3) is 0.500. The molecule has 1 aromatic rings. The number of aliphatic hydroxyl groups is 1. The summed E-state index contributed by atoms with van der Waals surface area (Å²) in [7, 11) is 1.59. The van der Waals surface area contributed by atoms with Gasteiger partial charge in [0.05, 0.1) is 23.8 Å². The number of benzene rings is 1. The summed E-state index contributed by atoms with van der Waals surface area (Å²) < 4.78 is 5.08. The van der Waals surface area contributed by atoms with Crippen LogP contribution in [0, 0.1) is 0 Å². The van der Waals surface area contributed by atoms with Crippen LogP contribution in [0.1, 0.15) is 19.8 Å². The highest BCUT2D eigenvalue weighted by molar-refractivity contribution is 6.32. The zero-order valence-corrected chi connectivity index (χ0v) is 10.2. The maximum Gasteiger partial charge on any atom is 0.137 e. The minimum Gasteiger partial charge on any atom is -0.495 e. The summed E-state index contributed by atoms with van der Waals surface area (Å²) in [5, 5.41) is 13.7. The van der Waals surface area contributed by atoms with Gasteiger partial charge in [-0.25, -0.2) is 0 Å². The summed E-state index contributed by atoms with van der Waals surface area (Å²) in [6, 6.07) is 5.64. The van der Waals surface area contributed by atoms with Crippen LogP contribution in [0.5, 0.6) is 5.75 Å². The average molecular weight is 242 g/mol. The molecule has 4 heteroatoms. The van der Waals surface area contributed by atoms with E-state index >= 15 is 0 Å². The maximum absolute atomic E-state index is 9.88. The molecule has 1 aromatic carbocycles. The van der Waals surface area contributed by atoms with Crippen molar-refractivity contribution < 1.29 is 9.84 Å². The molecule has 0 saturated heterocycles. The fourth-order valence-corrected chi connectivity index (χ4v) is 2.15. The van der Waals surface area contributed by atoms with Crippen molar-refractivity contribution in [1.82, 2.24) is 0 Å². The summed E-state index contributed by atoms with van der Waals surface area (Å²) in [6.07, 6.45) is 1.82. The van der Waals surface area contributed by atoms with Gasteiger partial charge in [-0.05, 0) is 38.0 Å². The molecule has 2 rings (SSSR count). The first-order chi connectivity index (χ1) is 7.53. The Kier molecular flexibility index (Phi) is 3.00. The van der Waals surface area contributed by atoms with Crippen molar-refractivity contribution >= 4 is 17.3 Å². The SMILES string of the molecule is COc1ccc(N[C@H]2CC[C@]2(C)O)cc1Cl. The molecule has 1 saturated carbocycles. The molecule has 1 aliphatic rings. The summed E-state index contributed by atoms with van der Waals surface area (Å²) in [5.74, 6) is 0.660. The van der Waals surface area contributed by atoms with Gasteiger partial charge in [0, 0.05) is 5.69 Å². The molecule has 16 heavy (non-hydrogen) atoms. The zero-order valence-electron chi connectivity index (χ0n) is 9.46. The van der Waals surface area contributed by atoms with Crippen molar-refractivity contribution in [2.24, 2.45) is 0 Å². The van der Waals surface area contributed by atoms with Gasteiger partial charge in [-0.1, -0.05) is 11.6 Å². The highest BCUT2D eigenvalue weighted by atomic mass is 35.5. The largest absolute Gasteiger partial charge is 0.495 e. The van der Waals surface area contributed by atoms with E-state index < -0.39 is 5.60 Å². The third kappa shape index (κ3) is 2.11. The molecule has 3 nitrogen and oxygen atoms in total. The minimum absolute atomic E-state index is 0.108. The second-order valence-electron chi connectivity index (χ2n) is 4.44. The summed E-state index contributed by atoms with van der Waals surface area (Å²) in [5.41, 5.74) is 0.308. The topological polar surface area (TPSA) is 41.5 Å². The Balaban J connectivity index is 2.08. The van der Waals surface area contributed by atoms with E-state index in [1.807, 2.05) is 25.1 Å². The third-order valence-electron chi connectivity index (χ3n) is 3.18. The number of ether oxygens (including phenoxy) is 1. The number of nitrogens with one attached hydrogen (secondary N) is 1. The van der Waals surface area contributed by atoms with Crippen molar-refractivity contribution in [3.05, 3.63) is 23.2 Å². The first kappa shape index (κ1) is 11.6. The quantitative estimate of drug-likeness (QED) is 0.855. The van der Waals surface area contributed by atoms with Crippen LogP contribution in [0.4, 0.5) is 5.69 Å². The number of hydrogen-bond donors (Lipinski definition) is 2. The monoisotopic (exact) mass is 241 g/mol. The lowest BCUT2D eigenvalue weighted by Crippen LogP contribution is -2.53. The average Bonchev–Trinajstić information content (AvgIpc) is 2.25. The van der Waals surface area contributed by atoms with Crippen molar-refractivity contribution in [2.45, 2.75) is 31.4 Å². The van der Waals surface area contributed by atoms with Crippen molar-refractivity contribution in [3.8, 4) is 5.75 Å². The first-order valence-corrected chi connectivity index (χ1v) is 5.73. The second kappa shape index (κ2) is 4.15. The van der Waals surface area contributed by atoms with Crippen LogP contribution >= 0.6 is 11.6 Å². The fourth-order valence-electron chi connectivity index (χ4n) is 1.89. The first-order valence-electron chi connectivity index (χ1n) is 5.35. The van der Waals surface area contributed by atoms with Gasteiger partial charge in [-0.3, -0.25) is 0 Å². The standard InChI is InChI=1S/C12H16ClNO2/c1-12(15)6-5-11(12)14-8-3-4-10(16-2)9(13)7-8/h3-4,7,11,14-15H,5-6H2,1-2H3/t11-,12-/m0/s1. The molecule has 2 N–H and O–H groups in total. The van der Waals surface area contributed by atoms with E-state index in [9.17, 15) is 5.11 Å². The molecular weight excluding hydrogens is 226 g/mol. The van der Waals surface area contributed by atoms with Gasteiger partial charge in [0.15, 0.2) is 0 Å². The summed E-state index contributed by atoms with van der Waals surface area (Å²) in [6.45, 7) is 1.85. The van der Waals surface area contributed by atoms with Crippen LogP contribution in [0.2, 0.25) is 5.02 Å². The van der Waals surface area contributed by atoms with Crippen molar-refractivity contribution in [3.63, 3.8) is 0 Å². The van der Waals surface area contributed by atoms with E-state index in [0.717, 1.165) is 18.5 Å². The molecule has 0 aromatic heterocycles. The molecule has 1 aliphatic carbocycles. The van der Waals surface area contributed by atoms with Gasteiger partial charge in [-0.2, -0.15) is 0 Å². The molecule has 0 spiro atoms. The predicted molar refractivity (Wildman–Crippen MR) is 65.3 cm³/mol. The number of methoxy groups -OCH3 is 1. The normalized spacial score (nSPS) is 28.4. The molecule has 0 bridgehead atoms. The molecule has 1 fully saturated rings. The predicted octanol–water partition coefficient (Wildman–Crippen LogP) is 2.67. The molecular formula is C12H16ClNO2. The third-order valence-corrected chi connectivity index (χ3v) is 3.48. The van der Waals surface area contributed by atoms with E-state index in [1.165, 1.54) is 0 Å². The minimum atomic E-state index is -0.605. The number of anilines is 1. The smallest absolute Gasteiger partial charge is 0.137 e. The Morgan fingerprint density at radius 3 is 2.75 bits per heavy atom. The highest BCUT2D eigenvalue weighted by Crippen LogP contribution is 2.35. The number of rotatable bonds is 3. The van der Waals surface area contributed by atoms with Crippen LogP contribution in [-0.2, 0) is 0 Å². The molecule has 0 amide bonds. The second-order valence-corrected chi connectivity index (χ2v) is 4.85. The maximum atomic E-state index is 9.88. The van der Waals surface area contributed by atoms with Gasteiger partial charge < -0.3 is 15.2 Å². The molecule has 0 unspecified atom stereocenters. The summed E-state index contributed by atoms with van der Waals surface area (Å²) >= 11 is 6.02. The lowest BCUT2D eigenvalue weighted by molar-refractivity contribution is -0.0286. The summed E-state index contributed by atoms with van der Waals surface area (Å²) in [4.78, 5) is 0. The number of halogens is 1. The van der Waals surface area contributed by atoms with Gasteiger partial charge in [0.2, 0.25) is 0 Å². The Hall–Kier alpha value is -0.930. The molecule has 88 valence electrons. The van der Waals surface area contributed by atoms with E-state index in [1.54, 1.807) is 7.11 Å². The van der Waals surface area contributed by atoms with Crippen LogP contribution in [0.3, 0.4) is 0 Å². The Morgan fingerprint density at radius 1 is 1.56 bits per heavy atom. The molecule has 2 atom stereocenters. The highest BCUT2D eigenvalue weighted by Gasteiger charge is 2.40. The van der Waals surface area contributed by atoms with Gasteiger partial charge in [0.1, 0.15) is 5.75 Å². The van der Waals surface area contributed by atoms with Crippen LogP contribution < -0.4 is 10.1 Å². The van der Waals surface area contributed by atoms with Gasteiger partial charge >= 0.3 is 0 Å². The van der Waals surface area contributed by atoms with E-state index in [0.29, 0.717) is 10.8 Å². The Morgan fingerprint density at radius 2 is 2.31 bits per heavy atom. The number of hydrogen-bond acceptors (Lipinski definition) is 3. The van der Waals surface area contributed by atoms with Crippen LogP contribution in [0.25, 0.3) is 0 Å². The van der Waals surface area contributed by atoms with Crippen LogP contribution in [-0.4, -0.2) is 23.9 Å². The molecule has 0 radical (unpaired) electrons. The van der Waals surface area contributed by atoms with E-state index in [2.05, 4.69) is 5.32 Å².